The first-order valence-corrected chi connectivity index (χ1v) is 16.3. The third-order valence-electron chi connectivity index (χ3n) is 9.58. The zero-order valence-electron chi connectivity index (χ0n) is 26.0. The number of pyridine rings is 1. The molecule has 0 atom stereocenters. The van der Waals surface area contributed by atoms with Crippen molar-refractivity contribution in [1.29, 1.82) is 0 Å². The van der Waals surface area contributed by atoms with Gasteiger partial charge in [0.15, 0.2) is 0 Å². The Hall–Kier alpha value is -6.52. The Morgan fingerprint density at radius 1 is 0.396 bits per heavy atom. The first-order valence-electron chi connectivity index (χ1n) is 16.3. The highest BCUT2D eigenvalue weighted by Gasteiger charge is 2.20. The highest BCUT2D eigenvalue weighted by atomic mass is 15.1. The molecule has 4 heteroatoms. The Morgan fingerprint density at radius 2 is 1.02 bits per heavy atom. The standard InChI is InChI=1S/C44H28N4/c1-3-12-29(13-4-1)44-46-42-36-20-9-7-18-34(36)35-19-8-10-21-37(35)43(42)48(44)33-17-11-14-30(26-33)31-22-23-40-38(27-31)39-28-45-25-24-41(39)47(40)32-15-5-2-6-16-32/h1-28H. The highest BCUT2D eigenvalue weighted by Crippen LogP contribution is 2.40. The number of fused-ring (bicyclic) bond motifs is 9. The minimum absolute atomic E-state index is 0.928. The number of para-hydroxylation sites is 1. The van der Waals surface area contributed by atoms with E-state index in [1.807, 2.05) is 12.4 Å². The first-order chi connectivity index (χ1) is 23.8. The van der Waals surface area contributed by atoms with Crippen molar-refractivity contribution < 1.29 is 0 Å². The fourth-order valence-corrected chi connectivity index (χ4v) is 7.46. The summed E-state index contributed by atoms with van der Waals surface area (Å²) in [4.78, 5) is 9.91. The monoisotopic (exact) mass is 612 g/mol. The van der Waals surface area contributed by atoms with Crippen molar-refractivity contribution >= 4 is 54.4 Å². The van der Waals surface area contributed by atoms with Gasteiger partial charge in [-0.15, -0.1) is 0 Å². The molecule has 0 amide bonds. The first kappa shape index (κ1) is 26.7. The minimum atomic E-state index is 0.928. The average Bonchev–Trinajstić information content (AvgIpc) is 3.73. The fraction of sp³-hybridized carbons (Fsp3) is 0. The quantitative estimate of drug-likeness (QED) is 0.185. The molecule has 0 fully saturated rings. The van der Waals surface area contributed by atoms with Crippen LogP contribution in [0, 0.1) is 0 Å². The Balaban J connectivity index is 1.23. The second-order valence-corrected chi connectivity index (χ2v) is 12.3. The van der Waals surface area contributed by atoms with Crippen LogP contribution in [0.1, 0.15) is 0 Å². The van der Waals surface area contributed by atoms with E-state index in [-0.39, 0.29) is 0 Å². The smallest absolute Gasteiger partial charge is 0.145 e. The van der Waals surface area contributed by atoms with Gasteiger partial charge in [0.1, 0.15) is 5.82 Å². The van der Waals surface area contributed by atoms with Crippen molar-refractivity contribution in [3.8, 4) is 33.9 Å². The lowest BCUT2D eigenvalue weighted by atomic mass is 9.99. The third-order valence-corrected chi connectivity index (χ3v) is 9.58. The number of hydrogen-bond acceptors (Lipinski definition) is 2. The van der Waals surface area contributed by atoms with E-state index >= 15 is 0 Å². The van der Waals surface area contributed by atoms with Gasteiger partial charge in [-0.25, -0.2) is 4.98 Å². The molecule has 4 nitrogen and oxygen atoms in total. The summed E-state index contributed by atoms with van der Waals surface area (Å²) in [5.41, 5.74) is 10.0. The molecule has 0 unspecified atom stereocenters. The van der Waals surface area contributed by atoms with Gasteiger partial charge in [0.05, 0.1) is 22.1 Å². The Kier molecular flexibility index (Phi) is 5.84. The Bertz CT molecular complexity index is 2830. The third kappa shape index (κ3) is 3.96. The van der Waals surface area contributed by atoms with Gasteiger partial charge in [0.25, 0.3) is 0 Å². The van der Waals surface area contributed by atoms with Crippen molar-refractivity contribution in [2.75, 3.05) is 0 Å². The lowest BCUT2D eigenvalue weighted by Crippen LogP contribution is -1.98. The normalized spacial score (nSPS) is 11.8. The second kappa shape index (κ2) is 10.5. The number of rotatable bonds is 4. The summed E-state index contributed by atoms with van der Waals surface area (Å²) < 4.78 is 4.68. The number of imidazole rings is 1. The van der Waals surface area contributed by atoms with Gasteiger partial charge in [-0.3, -0.25) is 9.55 Å². The van der Waals surface area contributed by atoms with Gasteiger partial charge >= 0.3 is 0 Å². The molecule has 0 spiro atoms. The second-order valence-electron chi connectivity index (χ2n) is 12.3. The van der Waals surface area contributed by atoms with Crippen LogP contribution in [0.25, 0.3) is 88.3 Å². The van der Waals surface area contributed by atoms with Gasteiger partial charge in [-0.05, 0) is 64.4 Å². The van der Waals surface area contributed by atoms with E-state index in [1.165, 1.54) is 21.5 Å². The molecule has 10 rings (SSSR count). The zero-order valence-corrected chi connectivity index (χ0v) is 26.0. The van der Waals surface area contributed by atoms with E-state index < -0.39 is 0 Å². The van der Waals surface area contributed by atoms with E-state index in [2.05, 4.69) is 172 Å². The van der Waals surface area contributed by atoms with Crippen molar-refractivity contribution in [2.24, 2.45) is 0 Å². The van der Waals surface area contributed by atoms with Crippen molar-refractivity contribution in [3.05, 3.63) is 170 Å². The summed E-state index contributed by atoms with van der Waals surface area (Å²) in [5, 5.41) is 7.11. The van der Waals surface area contributed by atoms with Gasteiger partial charge < -0.3 is 4.57 Å². The van der Waals surface area contributed by atoms with Crippen LogP contribution < -0.4 is 0 Å². The van der Waals surface area contributed by atoms with Gasteiger partial charge in [0.2, 0.25) is 0 Å². The molecule has 3 heterocycles. The number of nitrogens with zero attached hydrogens (tertiary/aromatic N) is 4. The molecule has 0 aliphatic rings. The van der Waals surface area contributed by atoms with E-state index in [0.717, 1.165) is 66.7 Å². The molecule has 3 aromatic heterocycles. The molecule has 224 valence electrons. The molecule has 48 heavy (non-hydrogen) atoms. The van der Waals surface area contributed by atoms with E-state index in [0.29, 0.717) is 0 Å². The molecular formula is C44H28N4. The molecular weight excluding hydrogens is 585 g/mol. The fourth-order valence-electron chi connectivity index (χ4n) is 7.46. The lowest BCUT2D eigenvalue weighted by Gasteiger charge is -2.14. The average molecular weight is 613 g/mol. The summed E-state index contributed by atoms with van der Waals surface area (Å²) in [5.74, 6) is 0.928. The van der Waals surface area contributed by atoms with Crippen LogP contribution in [0.3, 0.4) is 0 Å². The molecule has 10 aromatic rings. The van der Waals surface area contributed by atoms with Crippen LogP contribution in [0.4, 0.5) is 0 Å². The maximum Gasteiger partial charge on any atom is 0.145 e. The lowest BCUT2D eigenvalue weighted by molar-refractivity contribution is 1.11. The minimum Gasteiger partial charge on any atom is -0.309 e. The molecule has 7 aromatic carbocycles. The molecule has 0 bridgehead atoms. The summed E-state index contributed by atoms with van der Waals surface area (Å²) in [6, 6.07) is 56.2. The van der Waals surface area contributed by atoms with Gasteiger partial charge in [-0.1, -0.05) is 115 Å². The van der Waals surface area contributed by atoms with Crippen LogP contribution in [-0.2, 0) is 0 Å². The number of hydrogen-bond donors (Lipinski definition) is 0. The highest BCUT2D eigenvalue weighted by molar-refractivity contribution is 6.24. The van der Waals surface area contributed by atoms with Crippen LogP contribution in [0.15, 0.2) is 170 Å². The largest absolute Gasteiger partial charge is 0.309 e. The van der Waals surface area contributed by atoms with Crippen molar-refractivity contribution in [2.45, 2.75) is 0 Å². The SMILES string of the molecule is c1ccc(-c2nc3c4ccccc4c4ccccc4c3n2-c2cccc(-c3ccc4c(c3)c3cnccc3n4-c3ccccc3)c2)cc1. The number of benzene rings is 7. The van der Waals surface area contributed by atoms with E-state index in [4.69, 9.17) is 4.98 Å². The Labute approximate surface area is 276 Å². The molecule has 0 saturated carbocycles. The van der Waals surface area contributed by atoms with Crippen LogP contribution >= 0.6 is 0 Å². The summed E-state index contributed by atoms with van der Waals surface area (Å²) >= 11 is 0. The summed E-state index contributed by atoms with van der Waals surface area (Å²) in [6.45, 7) is 0. The van der Waals surface area contributed by atoms with E-state index in [1.54, 1.807) is 0 Å². The van der Waals surface area contributed by atoms with Crippen LogP contribution in [0.2, 0.25) is 0 Å². The predicted molar refractivity (Wildman–Crippen MR) is 199 cm³/mol. The number of aromatic nitrogens is 4. The molecule has 0 saturated heterocycles. The maximum atomic E-state index is 5.40. The Morgan fingerprint density at radius 3 is 1.83 bits per heavy atom. The van der Waals surface area contributed by atoms with Crippen molar-refractivity contribution in [3.63, 3.8) is 0 Å². The van der Waals surface area contributed by atoms with E-state index in [9.17, 15) is 0 Å². The molecule has 0 aliphatic heterocycles. The summed E-state index contributed by atoms with van der Waals surface area (Å²) in [7, 11) is 0. The topological polar surface area (TPSA) is 35.6 Å². The van der Waals surface area contributed by atoms with Crippen LogP contribution in [0.5, 0.6) is 0 Å². The van der Waals surface area contributed by atoms with Gasteiger partial charge in [0, 0.05) is 50.9 Å². The molecule has 0 radical (unpaired) electrons. The van der Waals surface area contributed by atoms with Crippen LogP contribution in [-0.4, -0.2) is 19.1 Å². The maximum absolute atomic E-state index is 5.40. The zero-order chi connectivity index (χ0) is 31.6. The molecule has 0 N–H and O–H groups in total. The van der Waals surface area contributed by atoms with Gasteiger partial charge in [-0.2, -0.15) is 0 Å². The summed E-state index contributed by atoms with van der Waals surface area (Å²) in [6.07, 6.45) is 3.86. The van der Waals surface area contributed by atoms with Crippen molar-refractivity contribution in [1.82, 2.24) is 19.1 Å². The molecule has 0 aliphatic carbocycles. The predicted octanol–water partition coefficient (Wildman–Crippen LogP) is 11.2.